The molecule has 0 amide bonds. The number of methoxy groups -OCH3 is 1. The summed E-state index contributed by atoms with van der Waals surface area (Å²) in [6, 6.07) is 8.85. The number of rotatable bonds is 8. The monoisotopic (exact) mass is 464 g/mol. The maximum atomic E-state index is 7.87. The van der Waals surface area contributed by atoms with E-state index in [1.54, 1.807) is 7.11 Å². The number of ether oxygens (including phenoxy) is 1. The first kappa shape index (κ1) is 24.0. The van der Waals surface area contributed by atoms with Gasteiger partial charge in [-0.25, -0.2) is 0 Å². The fourth-order valence-corrected chi connectivity index (χ4v) is 4.56. The van der Waals surface area contributed by atoms with E-state index >= 15 is 0 Å². The quantitative estimate of drug-likeness (QED) is 0.402. The molecule has 0 bridgehead atoms. The first-order valence-corrected chi connectivity index (χ1v) is 11.9. The van der Waals surface area contributed by atoms with Crippen molar-refractivity contribution in [2.75, 3.05) is 69.0 Å². The van der Waals surface area contributed by atoms with E-state index in [2.05, 4.69) is 68.2 Å². The number of hydrogen-bond donors (Lipinski definition) is 3. The average molecular weight is 465 g/mol. The fraction of sp³-hybridized carbons (Fsp3) is 0.480. The molecule has 1 atom stereocenters. The van der Waals surface area contributed by atoms with E-state index in [1.165, 1.54) is 17.3 Å². The first-order chi connectivity index (χ1) is 16.5. The van der Waals surface area contributed by atoms with Crippen LogP contribution in [-0.2, 0) is 17.7 Å². The number of fused-ring (bicyclic) bond motifs is 1. The van der Waals surface area contributed by atoms with Gasteiger partial charge in [0.05, 0.1) is 6.61 Å². The van der Waals surface area contributed by atoms with E-state index in [0.717, 1.165) is 61.9 Å². The third-order valence-corrected chi connectivity index (χ3v) is 6.63. The highest BCUT2D eigenvalue weighted by Gasteiger charge is 2.26. The van der Waals surface area contributed by atoms with E-state index in [4.69, 9.17) is 15.9 Å². The Morgan fingerprint density at radius 3 is 2.68 bits per heavy atom. The Kier molecular flexibility index (Phi) is 7.64. The number of benzene rings is 1. The molecule has 9 heteroatoms. The first-order valence-electron chi connectivity index (χ1n) is 11.9. The Morgan fingerprint density at radius 1 is 1.18 bits per heavy atom. The number of anilines is 3. The predicted molar refractivity (Wildman–Crippen MR) is 139 cm³/mol. The number of piperazine rings is 1. The number of nitrogens with zero attached hydrogens (tertiary/aromatic N) is 5. The van der Waals surface area contributed by atoms with Gasteiger partial charge in [0, 0.05) is 76.5 Å². The molecule has 9 nitrogen and oxygen atoms in total. The summed E-state index contributed by atoms with van der Waals surface area (Å²) >= 11 is 0. The Morgan fingerprint density at radius 2 is 1.94 bits per heavy atom. The van der Waals surface area contributed by atoms with Gasteiger partial charge in [-0.2, -0.15) is 9.97 Å². The van der Waals surface area contributed by atoms with Gasteiger partial charge in [-0.3, -0.25) is 0 Å². The third-order valence-electron chi connectivity index (χ3n) is 6.63. The van der Waals surface area contributed by atoms with Crippen molar-refractivity contribution in [2.45, 2.75) is 25.9 Å². The summed E-state index contributed by atoms with van der Waals surface area (Å²) in [6.45, 7) is 8.19. The minimum Gasteiger partial charge on any atom is -0.388 e. The van der Waals surface area contributed by atoms with Crippen LogP contribution in [0.25, 0.3) is 5.57 Å². The topological polar surface area (TPSA) is 107 Å². The second-order valence-electron chi connectivity index (χ2n) is 9.09. The lowest BCUT2D eigenvalue weighted by Crippen LogP contribution is -2.45. The Bertz CT molecular complexity index is 1030. The van der Waals surface area contributed by atoms with Crippen molar-refractivity contribution in [3.63, 3.8) is 0 Å². The van der Waals surface area contributed by atoms with Crippen molar-refractivity contribution < 1.29 is 4.74 Å². The summed E-state index contributed by atoms with van der Waals surface area (Å²) in [4.78, 5) is 16.1. The number of nitrogens with one attached hydrogen (secondary N) is 2. The van der Waals surface area contributed by atoms with Crippen molar-refractivity contribution in [2.24, 2.45) is 0 Å². The van der Waals surface area contributed by atoms with Gasteiger partial charge >= 0.3 is 0 Å². The van der Waals surface area contributed by atoms with Crippen molar-refractivity contribution in [3.05, 3.63) is 47.2 Å². The van der Waals surface area contributed by atoms with Crippen LogP contribution in [0.3, 0.4) is 0 Å². The number of likely N-dealkylation sites (N-methyl/N-ethyl adjacent to an activating group) is 1. The second kappa shape index (κ2) is 10.8. The second-order valence-corrected chi connectivity index (χ2v) is 9.09. The zero-order chi connectivity index (χ0) is 24.1. The molecule has 2 aliphatic heterocycles. The molecule has 2 aliphatic rings. The van der Waals surface area contributed by atoms with Gasteiger partial charge in [-0.05, 0) is 43.1 Å². The molecule has 4 rings (SSSR count). The number of nitrogens with two attached hydrogens (primary N) is 1. The minimum absolute atomic E-state index is 0.293. The largest absolute Gasteiger partial charge is 0.388 e. The van der Waals surface area contributed by atoms with Gasteiger partial charge in [-0.1, -0.05) is 12.1 Å². The highest BCUT2D eigenvalue weighted by atomic mass is 16.5. The van der Waals surface area contributed by atoms with Crippen molar-refractivity contribution in [1.29, 1.82) is 5.41 Å². The highest BCUT2D eigenvalue weighted by molar-refractivity contribution is 6.08. The molecule has 0 spiro atoms. The number of hydrogen-bond acceptors (Lipinski definition) is 9. The van der Waals surface area contributed by atoms with E-state index in [9.17, 15) is 0 Å². The van der Waals surface area contributed by atoms with Gasteiger partial charge < -0.3 is 35.9 Å². The molecular weight excluding hydrogens is 428 g/mol. The molecule has 1 saturated heterocycles. The zero-order valence-electron chi connectivity index (χ0n) is 20.4. The van der Waals surface area contributed by atoms with Crippen LogP contribution in [-0.4, -0.2) is 80.6 Å². The lowest BCUT2D eigenvalue weighted by molar-refractivity contribution is 0.203. The average Bonchev–Trinajstić information content (AvgIpc) is 2.83. The third kappa shape index (κ3) is 5.48. The lowest BCUT2D eigenvalue weighted by atomic mass is 9.91. The predicted octanol–water partition coefficient (Wildman–Crippen LogP) is 1.99. The summed E-state index contributed by atoms with van der Waals surface area (Å²) in [5, 5.41) is 11.1. The number of aromatic nitrogens is 2. The maximum absolute atomic E-state index is 7.87. The molecule has 0 aliphatic carbocycles. The summed E-state index contributed by atoms with van der Waals surface area (Å²) < 4.78 is 5.08. The zero-order valence-corrected chi connectivity index (χ0v) is 20.4. The SMILES string of the molecule is COCCN/C=C(\C=N)c1ccc2c(c1)CN(c1cc(N3CCN(C)CC3)nc(N)n1)C(C)C2. The van der Waals surface area contributed by atoms with E-state index in [-0.39, 0.29) is 0 Å². The van der Waals surface area contributed by atoms with Crippen LogP contribution in [0.2, 0.25) is 0 Å². The molecule has 2 aromatic rings. The Labute approximate surface area is 202 Å². The standard InChI is InChI=1S/C25H36N8O/c1-18-12-19-4-5-20(22(15-26)16-28-6-11-34-3)13-21(19)17-33(18)24-14-23(29-25(27)30-24)32-9-7-31(2)8-10-32/h4-5,13-16,18,26,28H,6-12,17H2,1-3H3,(H2,27,29,30)/b22-16+,26-15?. The van der Waals surface area contributed by atoms with Crippen LogP contribution in [0.15, 0.2) is 30.5 Å². The maximum Gasteiger partial charge on any atom is 0.223 e. The Balaban J connectivity index is 1.57. The number of allylic oxidation sites excluding steroid dienone is 1. The molecule has 4 N–H and O–H groups in total. The molecule has 0 saturated carbocycles. The minimum atomic E-state index is 0.293. The van der Waals surface area contributed by atoms with Gasteiger partial charge in [-0.15, -0.1) is 0 Å². The molecule has 34 heavy (non-hydrogen) atoms. The number of nitrogen functional groups attached to an aromatic ring is 1. The fourth-order valence-electron chi connectivity index (χ4n) is 4.56. The molecule has 1 fully saturated rings. The van der Waals surface area contributed by atoms with Crippen LogP contribution in [0.1, 0.15) is 23.6 Å². The van der Waals surface area contributed by atoms with Crippen LogP contribution in [0.4, 0.5) is 17.6 Å². The highest BCUT2D eigenvalue weighted by Crippen LogP contribution is 2.31. The van der Waals surface area contributed by atoms with E-state index < -0.39 is 0 Å². The van der Waals surface area contributed by atoms with Crippen LogP contribution in [0, 0.1) is 5.41 Å². The van der Waals surface area contributed by atoms with Crippen LogP contribution in [0.5, 0.6) is 0 Å². The lowest BCUT2D eigenvalue weighted by Gasteiger charge is -2.37. The smallest absolute Gasteiger partial charge is 0.223 e. The molecular formula is C25H36N8O. The van der Waals surface area contributed by atoms with Crippen molar-refractivity contribution >= 4 is 29.4 Å². The normalized spacial score (nSPS) is 19.1. The van der Waals surface area contributed by atoms with Gasteiger partial charge in [0.15, 0.2) is 0 Å². The van der Waals surface area contributed by atoms with Crippen molar-refractivity contribution in [3.8, 4) is 0 Å². The van der Waals surface area contributed by atoms with E-state index in [1.807, 2.05) is 6.20 Å². The van der Waals surface area contributed by atoms with Crippen LogP contribution >= 0.6 is 0 Å². The molecule has 1 aromatic heterocycles. The van der Waals surface area contributed by atoms with E-state index in [0.29, 0.717) is 25.1 Å². The summed E-state index contributed by atoms with van der Waals surface area (Å²) in [5.74, 6) is 2.09. The molecule has 1 unspecified atom stereocenters. The summed E-state index contributed by atoms with van der Waals surface area (Å²) in [6.07, 6.45) is 4.20. The summed E-state index contributed by atoms with van der Waals surface area (Å²) in [5.41, 5.74) is 10.6. The summed E-state index contributed by atoms with van der Waals surface area (Å²) in [7, 11) is 3.82. The van der Waals surface area contributed by atoms with Gasteiger partial charge in [0.25, 0.3) is 0 Å². The van der Waals surface area contributed by atoms with Gasteiger partial charge in [0.2, 0.25) is 5.95 Å². The molecule has 182 valence electrons. The molecule has 1 aromatic carbocycles. The van der Waals surface area contributed by atoms with Gasteiger partial charge in [0.1, 0.15) is 11.6 Å². The molecule has 3 heterocycles. The van der Waals surface area contributed by atoms with Crippen LogP contribution < -0.4 is 20.9 Å². The molecule has 0 radical (unpaired) electrons. The Hall–Kier alpha value is -3.17. The van der Waals surface area contributed by atoms with Crippen molar-refractivity contribution in [1.82, 2.24) is 20.2 Å².